The van der Waals surface area contributed by atoms with Gasteiger partial charge in [-0.2, -0.15) is 0 Å². The Morgan fingerprint density at radius 3 is 2.70 bits per heavy atom. The Morgan fingerprint density at radius 1 is 1.26 bits per heavy atom. The summed E-state index contributed by atoms with van der Waals surface area (Å²) in [6.45, 7) is 8.61. The van der Waals surface area contributed by atoms with Crippen LogP contribution >= 0.6 is 0 Å². The fraction of sp³-hybridized carbons (Fsp3) is 0.478. The molecule has 1 aromatic carbocycles. The molecule has 2 heterocycles. The summed E-state index contributed by atoms with van der Waals surface area (Å²) in [6.07, 6.45) is 2.83. The van der Waals surface area contributed by atoms with E-state index in [1.165, 1.54) is 16.7 Å². The van der Waals surface area contributed by atoms with E-state index in [2.05, 4.69) is 43.3 Å². The van der Waals surface area contributed by atoms with Crippen LogP contribution in [0, 0.1) is 13.8 Å². The van der Waals surface area contributed by atoms with Crippen molar-refractivity contribution in [3.63, 3.8) is 0 Å². The van der Waals surface area contributed by atoms with Crippen LogP contribution in [0.5, 0.6) is 0 Å². The Balaban J connectivity index is 1.89. The molecule has 0 unspecified atom stereocenters. The maximum atomic E-state index is 13.0. The van der Waals surface area contributed by atoms with Gasteiger partial charge in [-0.15, -0.1) is 0 Å². The Hall–Kier alpha value is -2.20. The van der Waals surface area contributed by atoms with Crippen LogP contribution in [0.15, 0.2) is 36.4 Å². The number of aromatic nitrogens is 1. The lowest BCUT2D eigenvalue weighted by Crippen LogP contribution is -2.46. The first kappa shape index (κ1) is 19.6. The maximum absolute atomic E-state index is 13.0. The van der Waals surface area contributed by atoms with Crippen molar-refractivity contribution in [2.24, 2.45) is 0 Å². The van der Waals surface area contributed by atoms with Crippen molar-refractivity contribution in [3.05, 3.63) is 64.5 Å². The molecule has 0 bridgehead atoms. The number of nitrogens with zero attached hydrogens (tertiary/aromatic N) is 2. The van der Waals surface area contributed by atoms with E-state index in [9.17, 15) is 4.79 Å². The normalized spacial score (nSPS) is 17.4. The minimum atomic E-state index is -0.809. The van der Waals surface area contributed by atoms with E-state index in [1.807, 2.05) is 25.7 Å². The highest BCUT2D eigenvalue weighted by atomic mass is 16.5. The van der Waals surface area contributed by atoms with Gasteiger partial charge in [-0.25, -0.2) is 0 Å². The SMILES string of the molecule is COC(C)(C)C(=O)N1CCC[C@H]1c1cc(Cc2ccccc2C)cc(C)n1. The molecule has 1 fully saturated rings. The molecule has 1 aromatic heterocycles. The number of amides is 1. The summed E-state index contributed by atoms with van der Waals surface area (Å²) in [4.78, 5) is 19.7. The summed E-state index contributed by atoms with van der Waals surface area (Å²) in [5, 5.41) is 0. The van der Waals surface area contributed by atoms with Gasteiger partial charge in [-0.05, 0) is 75.8 Å². The van der Waals surface area contributed by atoms with Gasteiger partial charge in [-0.3, -0.25) is 9.78 Å². The second kappa shape index (κ2) is 7.81. The van der Waals surface area contributed by atoms with Crippen molar-refractivity contribution in [2.75, 3.05) is 13.7 Å². The highest BCUT2D eigenvalue weighted by Gasteiger charge is 2.39. The number of aryl methyl sites for hydroxylation is 2. The molecule has 0 saturated carbocycles. The first-order valence-electron chi connectivity index (χ1n) is 9.70. The highest BCUT2D eigenvalue weighted by molar-refractivity contribution is 5.85. The Morgan fingerprint density at radius 2 is 2.00 bits per heavy atom. The number of methoxy groups -OCH3 is 1. The highest BCUT2D eigenvalue weighted by Crippen LogP contribution is 2.34. The van der Waals surface area contributed by atoms with Crippen molar-refractivity contribution in [1.29, 1.82) is 0 Å². The van der Waals surface area contributed by atoms with Gasteiger partial charge in [0.15, 0.2) is 0 Å². The zero-order valence-corrected chi connectivity index (χ0v) is 17.1. The average Bonchev–Trinajstić information content (AvgIpc) is 3.12. The van der Waals surface area contributed by atoms with Crippen molar-refractivity contribution in [2.45, 2.75) is 58.6 Å². The maximum Gasteiger partial charge on any atom is 0.254 e. The minimum absolute atomic E-state index is 0.0300. The molecule has 1 saturated heterocycles. The van der Waals surface area contributed by atoms with Gasteiger partial charge in [0, 0.05) is 19.3 Å². The van der Waals surface area contributed by atoms with E-state index in [0.717, 1.165) is 37.2 Å². The number of carbonyl (C=O) groups is 1. The standard InChI is InChI=1S/C23H30N2O2/c1-16-9-6-7-10-19(16)14-18-13-17(2)24-20(15-18)21-11-8-12-25(21)22(26)23(3,4)27-5/h6-7,9-10,13,15,21H,8,11-12,14H2,1-5H3/t21-/m0/s1. The van der Waals surface area contributed by atoms with Gasteiger partial charge < -0.3 is 9.64 Å². The van der Waals surface area contributed by atoms with E-state index in [-0.39, 0.29) is 11.9 Å². The summed E-state index contributed by atoms with van der Waals surface area (Å²) >= 11 is 0. The van der Waals surface area contributed by atoms with Crippen LogP contribution in [0.25, 0.3) is 0 Å². The number of likely N-dealkylation sites (tertiary alicyclic amines) is 1. The quantitative estimate of drug-likeness (QED) is 0.789. The summed E-state index contributed by atoms with van der Waals surface area (Å²) in [7, 11) is 1.59. The molecule has 1 aliphatic heterocycles. The van der Waals surface area contributed by atoms with E-state index >= 15 is 0 Å². The monoisotopic (exact) mass is 366 g/mol. The Bertz CT molecular complexity index is 829. The molecular weight excluding hydrogens is 336 g/mol. The van der Waals surface area contributed by atoms with Crippen LogP contribution in [0.2, 0.25) is 0 Å². The number of hydrogen-bond donors (Lipinski definition) is 0. The zero-order chi connectivity index (χ0) is 19.6. The van der Waals surface area contributed by atoms with Gasteiger partial charge >= 0.3 is 0 Å². The molecular formula is C23H30N2O2. The first-order chi connectivity index (χ1) is 12.8. The average molecular weight is 367 g/mol. The third-order valence-corrected chi connectivity index (χ3v) is 5.57. The number of carbonyl (C=O) groups excluding carboxylic acids is 1. The molecule has 1 atom stereocenters. The number of hydrogen-bond acceptors (Lipinski definition) is 3. The molecule has 27 heavy (non-hydrogen) atoms. The van der Waals surface area contributed by atoms with Crippen LogP contribution in [-0.4, -0.2) is 35.0 Å². The van der Waals surface area contributed by atoms with Gasteiger partial charge in [0.1, 0.15) is 5.60 Å². The molecule has 0 aliphatic carbocycles. The van der Waals surface area contributed by atoms with E-state index in [1.54, 1.807) is 7.11 Å². The van der Waals surface area contributed by atoms with Crippen LogP contribution in [0.3, 0.4) is 0 Å². The van der Waals surface area contributed by atoms with Crippen LogP contribution in [0.4, 0.5) is 0 Å². The number of rotatable bonds is 5. The smallest absolute Gasteiger partial charge is 0.254 e. The molecule has 0 spiro atoms. The molecule has 0 N–H and O–H groups in total. The molecule has 4 heteroatoms. The molecule has 2 aromatic rings. The summed E-state index contributed by atoms with van der Waals surface area (Å²) in [5.74, 6) is 0.0382. The van der Waals surface area contributed by atoms with Crippen molar-refractivity contribution >= 4 is 5.91 Å². The van der Waals surface area contributed by atoms with Gasteiger partial charge in [0.25, 0.3) is 5.91 Å². The van der Waals surface area contributed by atoms with Gasteiger partial charge in [-0.1, -0.05) is 24.3 Å². The minimum Gasteiger partial charge on any atom is -0.369 e. The van der Waals surface area contributed by atoms with Crippen molar-refractivity contribution in [3.8, 4) is 0 Å². The van der Waals surface area contributed by atoms with Crippen molar-refractivity contribution < 1.29 is 9.53 Å². The lowest BCUT2D eigenvalue weighted by atomic mass is 9.98. The van der Waals surface area contributed by atoms with E-state index < -0.39 is 5.60 Å². The van der Waals surface area contributed by atoms with Gasteiger partial charge in [0.2, 0.25) is 0 Å². The van der Waals surface area contributed by atoms with E-state index in [0.29, 0.717) is 0 Å². The molecule has 3 rings (SSSR count). The lowest BCUT2D eigenvalue weighted by Gasteiger charge is -2.32. The molecule has 1 aliphatic rings. The number of benzene rings is 1. The van der Waals surface area contributed by atoms with Crippen LogP contribution in [0.1, 0.15) is 60.8 Å². The summed E-state index contributed by atoms with van der Waals surface area (Å²) in [6, 6.07) is 12.8. The molecule has 4 nitrogen and oxygen atoms in total. The lowest BCUT2D eigenvalue weighted by molar-refractivity contribution is -0.152. The number of pyridine rings is 1. The third kappa shape index (κ3) is 4.22. The molecule has 0 radical (unpaired) electrons. The summed E-state index contributed by atoms with van der Waals surface area (Å²) < 4.78 is 5.42. The first-order valence-corrected chi connectivity index (χ1v) is 9.70. The topological polar surface area (TPSA) is 42.4 Å². The zero-order valence-electron chi connectivity index (χ0n) is 17.1. The third-order valence-electron chi connectivity index (χ3n) is 5.57. The fourth-order valence-electron chi connectivity index (χ4n) is 3.82. The largest absolute Gasteiger partial charge is 0.369 e. The second-order valence-corrected chi connectivity index (χ2v) is 8.02. The predicted octanol–water partition coefficient (Wildman–Crippen LogP) is 4.38. The molecule has 144 valence electrons. The van der Waals surface area contributed by atoms with E-state index in [4.69, 9.17) is 9.72 Å². The Labute approximate surface area is 162 Å². The summed E-state index contributed by atoms with van der Waals surface area (Å²) in [5.41, 5.74) is 5.06. The Kier molecular flexibility index (Phi) is 5.66. The fourth-order valence-corrected chi connectivity index (χ4v) is 3.82. The van der Waals surface area contributed by atoms with Crippen LogP contribution < -0.4 is 0 Å². The number of ether oxygens (including phenoxy) is 1. The predicted molar refractivity (Wildman–Crippen MR) is 108 cm³/mol. The van der Waals surface area contributed by atoms with Gasteiger partial charge in [0.05, 0.1) is 11.7 Å². The van der Waals surface area contributed by atoms with Crippen LogP contribution in [-0.2, 0) is 16.0 Å². The second-order valence-electron chi connectivity index (χ2n) is 8.02. The molecule has 1 amide bonds. The van der Waals surface area contributed by atoms with Crippen molar-refractivity contribution in [1.82, 2.24) is 9.88 Å².